The van der Waals surface area contributed by atoms with Crippen LogP contribution in [0.4, 0.5) is 10.1 Å². The number of nitrogens with one attached hydrogen (secondary N) is 2. The van der Waals surface area contributed by atoms with Crippen molar-refractivity contribution in [2.45, 2.75) is 0 Å². The minimum Gasteiger partial charge on any atom is -0.492 e. The fourth-order valence-electron chi connectivity index (χ4n) is 1.69. The first kappa shape index (κ1) is 14.8. The first-order valence-corrected chi connectivity index (χ1v) is 6.68. The van der Waals surface area contributed by atoms with Crippen LogP contribution in [0.5, 0.6) is 5.75 Å². The van der Waals surface area contributed by atoms with Gasteiger partial charge in [0.1, 0.15) is 18.2 Å². The number of ether oxygens (including phenoxy) is 1. The van der Waals surface area contributed by atoms with Crippen LogP contribution >= 0.6 is 0 Å². The summed E-state index contributed by atoms with van der Waals surface area (Å²) in [4.78, 5) is 11.6. The molecule has 0 atom stereocenters. The molecule has 0 spiro atoms. The number of anilines is 1. The first-order chi connectivity index (χ1) is 10.2. The van der Waals surface area contributed by atoms with Gasteiger partial charge in [-0.25, -0.2) is 4.39 Å². The highest BCUT2D eigenvalue weighted by Crippen LogP contribution is 2.08. The van der Waals surface area contributed by atoms with E-state index in [4.69, 9.17) is 4.74 Å². The maximum absolute atomic E-state index is 12.7. The standard InChI is InChI=1S/C16H17FN2O2/c17-13-6-8-14(9-7-13)19-12-16(20)18-10-11-21-15-4-2-1-3-5-15/h1-9,19H,10-12H2,(H,18,20). The SMILES string of the molecule is O=C(CNc1ccc(F)cc1)NCCOc1ccccc1. The second kappa shape index (κ2) is 7.89. The highest BCUT2D eigenvalue weighted by molar-refractivity contribution is 5.80. The molecular weight excluding hydrogens is 271 g/mol. The minimum atomic E-state index is -0.303. The van der Waals surface area contributed by atoms with Gasteiger partial charge in [-0.2, -0.15) is 0 Å². The highest BCUT2D eigenvalue weighted by atomic mass is 19.1. The molecule has 110 valence electrons. The van der Waals surface area contributed by atoms with E-state index in [0.29, 0.717) is 18.8 Å². The third-order valence-corrected chi connectivity index (χ3v) is 2.73. The molecule has 0 radical (unpaired) electrons. The molecule has 0 unspecified atom stereocenters. The fraction of sp³-hybridized carbons (Fsp3) is 0.188. The van der Waals surface area contributed by atoms with Crippen LogP contribution in [-0.4, -0.2) is 25.6 Å². The van der Waals surface area contributed by atoms with E-state index in [0.717, 1.165) is 5.75 Å². The van der Waals surface area contributed by atoms with Crippen molar-refractivity contribution in [1.82, 2.24) is 5.32 Å². The molecule has 0 saturated heterocycles. The molecule has 0 aromatic heterocycles. The Morgan fingerprint density at radius 2 is 1.76 bits per heavy atom. The molecule has 0 aliphatic rings. The van der Waals surface area contributed by atoms with Gasteiger partial charge in [0.05, 0.1) is 13.1 Å². The lowest BCUT2D eigenvalue weighted by Crippen LogP contribution is -2.32. The summed E-state index contributed by atoms with van der Waals surface area (Å²) in [6.07, 6.45) is 0. The van der Waals surface area contributed by atoms with Crippen molar-refractivity contribution in [3.05, 3.63) is 60.4 Å². The Kier molecular flexibility index (Phi) is 5.58. The van der Waals surface area contributed by atoms with Crippen LogP contribution in [0.1, 0.15) is 0 Å². The van der Waals surface area contributed by atoms with Crippen molar-refractivity contribution >= 4 is 11.6 Å². The lowest BCUT2D eigenvalue weighted by atomic mass is 10.3. The van der Waals surface area contributed by atoms with Gasteiger partial charge in [0.15, 0.2) is 0 Å². The van der Waals surface area contributed by atoms with Crippen LogP contribution in [0.3, 0.4) is 0 Å². The fourth-order valence-corrected chi connectivity index (χ4v) is 1.69. The lowest BCUT2D eigenvalue weighted by molar-refractivity contribution is -0.119. The Hall–Kier alpha value is -2.56. The molecule has 21 heavy (non-hydrogen) atoms. The highest BCUT2D eigenvalue weighted by Gasteiger charge is 2.01. The van der Waals surface area contributed by atoms with Crippen LogP contribution in [0.2, 0.25) is 0 Å². The molecule has 0 saturated carbocycles. The van der Waals surface area contributed by atoms with Gasteiger partial charge in [0.2, 0.25) is 5.91 Å². The van der Waals surface area contributed by atoms with E-state index in [-0.39, 0.29) is 18.3 Å². The third-order valence-electron chi connectivity index (χ3n) is 2.73. The van der Waals surface area contributed by atoms with Crippen molar-refractivity contribution in [2.24, 2.45) is 0 Å². The number of carbonyl (C=O) groups is 1. The van der Waals surface area contributed by atoms with E-state index in [9.17, 15) is 9.18 Å². The van der Waals surface area contributed by atoms with E-state index in [1.807, 2.05) is 30.3 Å². The Morgan fingerprint density at radius 3 is 2.48 bits per heavy atom. The topological polar surface area (TPSA) is 50.4 Å². The minimum absolute atomic E-state index is 0.136. The van der Waals surface area contributed by atoms with Crippen molar-refractivity contribution in [1.29, 1.82) is 0 Å². The van der Waals surface area contributed by atoms with Gasteiger partial charge in [-0.05, 0) is 36.4 Å². The monoisotopic (exact) mass is 288 g/mol. The smallest absolute Gasteiger partial charge is 0.239 e. The van der Waals surface area contributed by atoms with E-state index >= 15 is 0 Å². The zero-order valence-corrected chi connectivity index (χ0v) is 11.5. The molecular formula is C16H17FN2O2. The van der Waals surface area contributed by atoms with Gasteiger partial charge in [-0.3, -0.25) is 4.79 Å². The lowest BCUT2D eigenvalue weighted by Gasteiger charge is -2.09. The molecule has 0 bridgehead atoms. The van der Waals surface area contributed by atoms with E-state index in [2.05, 4.69) is 10.6 Å². The maximum atomic E-state index is 12.7. The normalized spacial score (nSPS) is 9.95. The number of carbonyl (C=O) groups excluding carboxylic acids is 1. The molecule has 1 amide bonds. The van der Waals surface area contributed by atoms with Crippen molar-refractivity contribution < 1.29 is 13.9 Å². The average molecular weight is 288 g/mol. The number of amides is 1. The predicted octanol–water partition coefficient (Wildman–Crippen LogP) is 2.43. The summed E-state index contributed by atoms with van der Waals surface area (Å²) in [6.45, 7) is 0.974. The van der Waals surface area contributed by atoms with Crippen LogP contribution < -0.4 is 15.4 Å². The summed E-state index contributed by atoms with van der Waals surface area (Å²) in [5.41, 5.74) is 0.701. The number of rotatable bonds is 7. The predicted molar refractivity (Wildman–Crippen MR) is 79.8 cm³/mol. The summed E-state index contributed by atoms with van der Waals surface area (Å²) in [6, 6.07) is 15.3. The molecule has 2 N–H and O–H groups in total. The number of benzene rings is 2. The molecule has 0 fully saturated rings. The van der Waals surface area contributed by atoms with E-state index < -0.39 is 0 Å². The van der Waals surface area contributed by atoms with Crippen molar-refractivity contribution in [3.8, 4) is 5.75 Å². The summed E-state index contributed by atoms with van der Waals surface area (Å²) < 4.78 is 18.2. The average Bonchev–Trinajstić information content (AvgIpc) is 2.52. The molecule has 0 aliphatic heterocycles. The molecule has 4 nitrogen and oxygen atoms in total. The van der Waals surface area contributed by atoms with Gasteiger partial charge in [0, 0.05) is 5.69 Å². The Bertz CT molecular complexity index is 558. The largest absolute Gasteiger partial charge is 0.492 e. The number of para-hydroxylation sites is 1. The second-order valence-corrected chi connectivity index (χ2v) is 4.37. The Labute approximate surface area is 122 Å². The third kappa shape index (κ3) is 5.52. The number of halogens is 1. The molecule has 2 aromatic carbocycles. The van der Waals surface area contributed by atoms with E-state index in [1.165, 1.54) is 12.1 Å². The molecule has 2 aromatic rings. The quantitative estimate of drug-likeness (QED) is 0.769. The summed E-state index contributed by atoms with van der Waals surface area (Å²) in [5, 5.41) is 5.64. The first-order valence-electron chi connectivity index (χ1n) is 6.68. The maximum Gasteiger partial charge on any atom is 0.239 e. The van der Waals surface area contributed by atoms with Crippen molar-refractivity contribution in [3.63, 3.8) is 0 Å². The van der Waals surface area contributed by atoms with Crippen LogP contribution in [0, 0.1) is 5.82 Å². The van der Waals surface area contributed by atoms with Crippen LogP contribution in [-0.2, 0) is 4.79 Å². The molecule has 2 rings (SSSR count). The zero-order chi connectivity index (χ0) is 14.9. The Morgan fingerprint density at radius 1 is 1.05 bits per heavy atom. The second-order valence-electron chi connectivity index (χ2n) is 4.37. The van der Waals surface area contributed by atoms with E-state index in [1.54, 1.807) is 12.1 Å². The van der Waals surface area contributed by atoms with Gasteiger partial charge >= 0.3 is 0 Å². The number of hydrogen-bond donors (Lipinski definition) is 2. The summed E-state index contributed by atoms with van der Waals surface area (Å²) in [5.74, 6) is 0.329. The van der Waals surface area contributed by atoms with Crippen LogP contribution in [0.25, 0.3) is 0 Å². The van der Waals surface area contributed by atoms with Gasteiger partial charge < -0.3 is 15.4 Å². The number of hydrogen-bond acceptors (Lipinski definition) is 3. The van der Waals surface area contributed by atoms with Crippen molar-refractivity contribution in [2.75, 3.05) is 25.0 Å². The van der Waals surface area contributed by atoms with Crippen LogP contribution in [0.15, 0.2) is 54.6 Å². The summed E-state index contributed by atoms with van der Waals surface area (Å²) >= 11 is 0. The zero-order valence-electron chi connectivity index (χ0n) is 11.5. The molecule has 0 heterocycles. The van der Waals surface area contributed by atoms with Gasteiger partial charge in [-0.15, -0.1) is 0 Å². The van der Waals surface area contributed by atoms with Gasteiger partial charge in [-0.1, -0.05) is 18.2 Å². The Balaban J connectivity index is 1.60. The summed E-state index contributed by atoms with van der Waals surface area (Å²) in [7, 11) is 0. The van der Waals surface area contributed by atoms with Gasteiger partial charge in [0.25, 0.3) is 0 Å². The molecule has 5 heteroatoms. The molecule has 0 aliphatic carbocycles.